The van der Waals surface area contributed by atoms with Crippen LogP contribution < -0.4 is 0 Å². The van der Waals surface area contributed by atoms with E-state index < -0.39 is 18.1 Å². The van der Waals surface area contributed by atoms with Crippen molar-refractivity contribution in [1.29, 1.82) is 0 Å². The van der Waals surface area contributed by atoms with E-state index in [0.29, 0.717) is 13.1 Å². The molecule has 102 valence electrons. The van der Waals surface area contributed by atoms with Gasteiger partial charge in [0.1, 0.15) is 6.04 Å². The zero-order valence-corrected chi connectivity index (χ0v) is 10.4. The van der Waals surface area contributed by atoms with Crippen LogP contribution in [0.5, 0.6) is 0 Å². The number of aliphatic hydroxyl groups excluding tert-OH is 1. The molecule has 0 aromatic rings. The minimum Gasteiger partial charge on any atom is -0.480 e. The Morgan fingerprint density at radius 3 is 2.22 bits per heavy atom. The molecule has 0 aromatic heterocycles. The van der Waals surface area contributed by atoms with Crippen molar-refractivity contribution in [2.24, 2.45) is 0 Å². The molecule has 6 heteroatoms. The summed E-state index contributed by atoms with van der Waals surface area (Å²) in [6.45, 7) is 1.52. The molecule has 0 aliphatic carbocycles. The van der Waals surface area contributed by atoms with E-state index in [9.17, 15) is 14.7 Å². The Kier molecular flexibility index (Phi) is 4.06. The standard InChI is InChI=1S/C12H20N2O4/c15-9-7-10(11(16)17)14(8-9)12(18)13-5-3-1-2-4-6-13/h9-10,15H,1-8H2,(H,16,17)/t9?,10-/m0/s1. The Bertz CT molecular complexity index is 326. The molecule has 2 amide bonds. The maximum atomic E-state index is 12.3. The van der Waals surface area contributed by atoms with Crippen LogP contribution in [0.3, 0.4) is 0 Å². The number of carbonyl (C=O) groups is 2. The van der Waals surface area contributed by atoms with Crippen LogP contribution in [0.1, 0.15) is 32.1 Å². The molecule has 0 radical (unpaired) electrons. The summed E-state index contributed by atoms with van der Waals surface area (Å²) in [5.41, 5.74) is 0. The summed E-state index contributed by atoms with van der Waals surface area (Å²) >= 11 is 0. The molecular weight excluding hydrogens is 236 g/mol. The van der Waals surface area contributed by atoms with Gasteiger partial charge in [-0.25, -0.2) is 9.59 Å². The summed E-state index contributed by atoms with van der Waals surface area (Å²) in [5.74, 6) is -1.03. The van der Waals surface area contributed by atoms with E-state index in [2.05, 4.69) is 0 Å². The fourth-order valence-electron chi connectivity index (χ4n) is 2.70. The number of aliphatic carboxylic acids is 1. The molecule has 1 unspecified atom stereocenters. The molecule has 2 heterocycles. The molecule has 0 bridgehead atoms. The number of nitrogens with zero attached hydrogens (tertiary/aromatic N) is 2. The van der Waals surface area contributed by atoms with Gasteiger partial charge in [0.2, 0.25) is 0 Å². The van der Waals surface area contributed by atoms with Crippen LogP contribution >= 0.6 is 0 Å². The van der Waals surface area contributed by atoms with Crippen molar-refractivity contribution in [2.45, 2.75) is 44.2 Å². The Hall–Kier alpha value is -1.30. The minimum atomic E-state index is -1.03. The molecule has 6 nitrogen and oxygen atoms in total. The van der Waals surface area contributed by atoms with E-state index in [1.165, 1.54) is 4.90 Å². The summed E-state index contributed by atoms with van der Waals surface area (Å²) in [4.78, 5) is 26.4. The second-order valence-electron chi connectivity index (χ2n) is 5.08. The molecule has 0 spiro atoms. The van der Waals surface area contributed by atoms with E-state index in [4.69, 9.17) is 5.11 Å². The van der Waals surface area contributed by atoms with Crippen molar-refractivity contribution < 1.29 is 19.8 Å². The molecular formula is C12H20N2O4. The Morgan fingerprint density at radius 2 is 1.67 bits per heavy atom. The summed E-state index contributed by atoms with van der Waals surface area (Å²) < 4.78 is 0. The van der Waals surface area contributed by atoms with Gasteiger partial charge in [-0.3, -0.25) is 0 Å². The predicted octanol–water partition coefficient (Wildman–Crippen LogP) is 0.502. The number of aliphatic hydroxyl groups is 1. The second-order valence-corrected chi connectivity index (χ2v) is 5.08. The Labute approximate surface area is 106 Å². The highest BCUT2D eigenvalue weighted by Gasteiger charge is 2.40. The van der Waals surface area contributed by atoms with Crippen LogP contribution in [0.2, 0.25) is 0 Å². The lowest BCUT2D eigenvalue weighted by atomic mass is 10.2. The van der Waals surface area contributed by atoms with Gasteiger partial charge in [0.05, 0.1) is 6.10 Å². The van der Waals surface area contributed by atoms with E-state index in [-0.39, 0.29) is 19.0 Å². The SMILES string of the molecule is O=C(O)[C@@H]1CC(O)CN1C(=O)N1CCCCCC1. The molecule has 2 aliphatic heterocycles. The number of hydrogen-bond acceptors (Lipinski definition) is 3. The minimum absolute atomic E-state index is 0.131. The van der Waals surface area contributed by atoms with Crippen LogP contribution in [0.15, 0.2) is 0 Å². The van der Waals surface area contributed by atoms with Gasteiger partial charge in [-0.05, 0) is 12.8 Å². The lowest BCUT2D eigenvalue weighted by Gasteiger charge is -2.29. The Balaban J connectivity index is 2.04. The topological polar surface area (TPSA) is 81.1 Å². The first-order chi connectivity index (χ1) is 8.59. The molecule has 0 aromatic carbocycles. The zero-order chi connectivity index (χ0) is 13.1. The van der Waals surface area contributed by atoms with Crippen LogP contribution in [0.4, 0.5) is 4.79 Å². The number of carboxylic acids is 1. The van der Waals surface area contributed by atoms with Gasteiger partial charge >= 0.3 is 12.0 Å². The molecule has 2 rings (SSSR count). The van der Waals surface area contributed by atoms with Gasteiger partial charge in [-0.1, -0.05) is 12.8 Å². The number of urea groups is 1. The highest BCUT2D eigenvalue weighted by atomic mass is 16.4. The van der Waals surface area contributed by atoms with Crippen molar-refractivity contribution in [3.63, 3.8) is 0 Å². The third kappa shape index (κ3) is 2.75. The number of rotatable bonds is 1. The first kappa shape index (κ1) is 13.1. The van der Waals surface area contributed by atoms with Crippen molar-refractivity contribution in [3.05, 3.63) is 0 Å². The third-order valence-corrected chi connectivity index (χ3v) is 3.69. The van der Waals surface area contributed by atoms with Crippen LogP contribution in [0.25, 0.3) is 0 Å². The van der Waals surface area contributed by atoms with E-state index in [1.54, 1.807) is 4.90 Å². The van der Waals surface area contributed by atoms with Gasteiger partial charge < -0.3 is 20.0 Å². The lowest BCUT2D eigenvalue weighted by Crippen LogP contribution is -2.48. The molecule has 2 saturated heterocycles. The quantitative estimate of drug-likeness (QED) is 0.716. The average Bonchev–Trinajstić information content (AvgIpc) is 2.56. The number of likely N-dealkylation sites (tertiary alicyclic amines) is 2. The third-order valence-electron chi connectivity index (χ3n) is 3.69. The largest absolute Gasteiger partial charge is 0.480 e. The van der Waals surface area contributed by atoms with E-state index >= 15 is 0 Å². The smallest absolute Gasteiger partial charge is 0.326 e. The number of hydrogen-bond donors (Lipinski definition) is 2. The number of carboxylic acid groups (broad SMARTS) is 1. The van der Waals surface area contributed by atoms with Crippen molar-refractivity contribution in [1.82, 2.24) is 9.80 Å². The van der Waals surface area contributed by atoms with Gasteiger partial charge in [0, 0.05) is 26.1 Å². The normalized spacial score (nSPS) is 29.2. The van der Waals surface area contributed by atoms with Crippen LogP contribution in [-0.2, 0) is 4.79 Å². The first-order valence-electron chi connectivity index (χ1n) is 6.56. The fraction of sp³-hybridized carbons (Fsp3) is 0.833. The maximum Gasteiger partial charge on any atom is 0.326 e. The molecule has 2 aliphatic rings. The summed E-state index contributed by atoms with van der Waals surface area (Å²) in [5, 5.41) is 18.6. The zero-order valence-electron chi connectivity index (χ0n) is 10.4. The molecule has 2 atom stereocenters. The van der Waals surface area contributed by atoms with Gasteiger partial charge in [0.15, 0.2) is 0 Å². The lowest BCUT2D eigenvalue weighted by molar-refractivity contribution is -0.141. The number of carbonyl (C=O) groups excluding carboxylic acids is 1. The highest BCUT2D eigenvalue weighted by molar-refractivity contribution is 5.83. The molecule has 2 fully saturated rings. The number of amides is 2. The number of β-amino-alcohol motifs (C(OH)–C–C–N with tert-alkyl or cyclic N) is 1. The average molecular weight is 256 g/mol. The second kappa shape index (κ2) is 5.56. The Morgan fingerprint density at radius 1 is 1.06 bits per heavy atom. The van der Waals surface area contributed by atoms with Gasteiger partial charge in [0.25, 0.3) is 0 Å². The van der Waals surface area contributed by atoms with Crippen LogP contribution in [-0.4, -0.2) is 63.8 Å². The summed E-state index contributed by atoms with van der Waals surface area (Å²) in [7, 11) is 0. The first-order valence-corrected chi connectivity index (χ1v) is 6.56. The molecule has 18 heavy (non-hydrogen) atoms. The highest BCUT2D eigenvalue weighted by Crippen LogP contribution is 2.21. The predicted molar refractivity (Wildman–Crippen MR) is 64.2 cm³/mol. The van der Waals surface area contributed by atoms with Gasteiger partial charge in [-0.15, -0.1) is 0 Å². The van der Waals surface area contributed by atoms with Gasteiger partial charge in [-0.2, -0.15) is 0 Å². The summed E-state index contributed by atoms with van der Waals surface area (Å²) in [6, 6.07) is -1.11. The summed E-state index contributed by atoms with van der Waals surface area (Å²) in [6.07, 6.45) is 3.60. The fourth-order valence-corrected chi connectivity index (χ4v) is 2.70. The van der Waals surface area contributed by atoms with Crippen molar-refractivity contribution in [2.75, 3.05) is 19.6 Å². The van der Waals surface area contributed by atoms with Crippen LogP contribution in [0, 0.1) is 0 Å². The van der Waals surface area contributed by atoms with E-state index in [1.807, 2.05) is 0 Å². The molecule has 2 N–H and O–H groups in total. The van der Waals surface area contributed by atoms with Crippen molar-refractivity contribution in [3.8, 4) is 0 Å². The maximum absolute atomic E-state index is 12.3. The molecule has 0 saturated carbocycles. The van der Waals surface area contributed by atoms with Crippen molar-refractivity contribution >= 4 is 12.0 Å². The monoisotopic (exact) mass is 256 g/mol. The van der Waals surface area contributed by atoms with E-state index in [0.717, 1.165) is 25.7 Å².